The Hall–Kier alpha value is -1.12. The van der Waals surface area contributed by atoms with Gasteiger partial charge in [-0.2, -0.15) is 0 Å². The van der Waals surface area contributed by atoms with E-state index in [1.165, 1.54) is 11.1 Å². The van der Waals surface area contributed by atoms with Gasteiger partial charge in [-0.05, 0) is 41.7 Å². The van der Waals surface area contributed by atoms with Gasteiger partial charge in [0.1, 0.15) is 0 Å². The van der Waals surface area contributed by atoms with Crippen molar-refractivity contribution >= 4 is 15.9 Å². The molecule has 1 atom stereocenters. The van der Waals surface area contributed by atoms with E-state index in [-0.39, 0.29) is 0 Å². The molecule has 0 fully saturated rings. The minimum atomic E-state index is -0.435. The van der Waals surface area contributed by atoms with Gasteiger partial charge in [-0.3, -0.25) is 0 Å². The highest BCUT2D eigenvalue weighted by Gasteiger charge is 2.13. The van der Waals surface area contributed by atoms with Crippen LogP contribution >= 0.6 is 15.9 Å². The van der Waals surface area contributed by atoms with Crippen molar-refractivity contribution in [3.05, 3.63) is 59.2 Å². The SMILES string of the molecule is Cc1cc(-c2ccccc2)cc(C)c1C(O)CBr. The molecule has 0 aliphatic heterocycles. The Bertz CT molecular complexity index is 511. The molecule has 1 unspecified atom stereocenters. The van der Waals surface area contributed by atoms with E-state index in [4.69, 9.17) is 0 Å². The number of hydrogen-bond acceptors (Lipinski definition) is 1. The first-order valence-electron chi connectivity index (χ1n) is 6.04. The summed E-state index contributed by atoms with van der Waals surface area (Å²) in [4.78, 5) is 0. The fourth-order valence-corrected chi connectivity index (χ4v) is 2.70. The molecule has 2 aromatic rings. The van der Waals surface area contributed by atoms with Gasteiger partial charge in [0, 0.05) is 5.33 Å². The van der Waals surface area contributed by atoms with Crippen LogP contribution in [0.3, 0.4) is 0 Å². The van der Waals surface area contributed by atoms with E-state index in [1.807, 2.05) is 18.2 Å². The highest BCUT2D eigenvalue weighted by molar-refractivity contribution is 9.09. The first-order valence-corrected chi connectivity index (χ1v) is 7.16. The van der Waals surface area contributed by atoms with Crippen molar-refractivity contribution in [2.24, 2.45) is 0 Å². The number of aliphatic hydroxyl groups is 1. The Balaban J connectivity index is 2.49. The fraction of sp³-hybridized carbons (Fsp3) is 0.250. The van der Waals surface area contributed by atoms with Crippen molar-refractivity contribution in [1.82, 2.24) is 0 Å². The Morgan fingerprint density at radius 3 is 2.06 bits per heavy atom. The number of halogens is 1. The molecule has 1 N–H and O–H groups in total. The zero-order valence-corrected chi connectivity index (χ0v) is 12.2. The van der Waals surface area contributed by atoms with E-state index >= 15 is 0 Å². The third kappa shape index (κ3) is 2.65. The van der Waals surface area contributed by atoms with Crippen LogP contribution in [0.5, 0.6) is 0 Å². The second kappa shape index (κ2) is 5.68. The summed E-state index contributed by atoms with van der Waals surface area (Å²) < 4.78 is 0. The largest absolute Gasteiger partial charge is 0.388 e. The molecule has 0 saturated carbocycles. The predicted octanol–water partition coefficient (Wildman–Crippen LogP) is 4.40. The molecule has 2 heteroatoms. The van der Waals surface area contributed by atoms with Crippen LogP contribution in [-0.2, 0) is 0 Å². The van der Waals surface area contributed by atoms with Crippen molar-refractivity contribution in [3.63, 3.8) is 0 Å². The van der Waals surface area contributed by atoms with Crippen LogP contribution in [0.4, 0.5) is 0 Å². The molecule has 2 aromatic carbocycles. The van der Waals surface area contributed by atoms with Gasteiger partial charge in [0.05, 0.1) is 6.10 Å². The standard InChI is InChI=1S/C16H17BrO/c1-11-8-14(13-6-4-3-5-7-13)9-12(2)16(11)15(18)10-17/h3-9,15,18H,10H2,1-2H3. The van der Waals surface area contributed by atoms with E-state index in [9.17, 15) is 5.11 Å². The maximum atomic E-state index is 10.0. The lowest BCUT2D eigenvalue weighted by Crippen LogP contribution is -2.04. The van der Waals surface area contributed by atoms with E-state index < -0.39 is 6.10 Å². The van der Waals surface area contributed by atoms with E-state index in [1.54, 1.807) is 0 Å². The van der Waals surface area contributed by atoms with Crippen molar-refractivity contribution in [3.8, 4) is 11.1 Å². The quantitative estimate of drug-likeness (QED) is 0.833. The molecular formula is C16H17BrO. The predicted molar refractivity (Wildman–Crippen MR) is 80.1 cm³/mol. The topological polar surface area (TPSA) is 20.2 Å². The Morgan fingerprint density at radius 1 is 1.00 bits per heavy atom. The second-order valence-electron chi connectivity index (χ2n) is 4.56. The Kier molecular flexibility index (Phi) is 4.20. The highest BCUT2D eigenvalue weighted by atomic mass is 79.9. The van der Waals surface area contributed by atoms with Crippen molar-refractivity contribution in [2.75, 3.05) is 5.33 Å². The van der Waals surface area contributed by atoms with Crippen LogP contribution in [0.15, 0.2) is 42.5 Å². The zero-order valence-electron chi connectivity index (χ0n) is 10.7. The maximum absolute atomic E-state index is 10.0. The lowest BCUT2D eigenvalue weighted by atomic mass is 9.93. The molecule has 0 aromatic heterocycles. The molecule has 0 aliphatic rings. The van der Waals surface area contributed by atoms with Crippen molar-refractivity contribution in [2.45, 2.75) is 20.0 Å². The van der Waals surface area contributed by atoms with E-state index in [0.29, 0.717) is 5.33 Å². The summed E-state index contributed by atoms with van der Waals surface area (Å²) in [6.07, 6.45) is -0.435. The third-order valence-corrected chi connectivity index (χ3v) is 3.79. The summed E-state index contributed by atoms with van der Waals surface area (Å²) in [6, 6.07) is 14.6. The van der Waals surface area contributed by atoms with Gasteiger partial charge >= 0.3 is 0 Å². The van der Waals surface area contributed by atoms with Crippen molar-refractivity contribution < 1.29 is 5.11 Å². The maximum Gasteiger partial charge on any atom is 0.0891 e. The summed E-state index contributed by atoms with van der Waals surface area (Å²) in [5, 5.41) is 10.6. The minimum absolute atomic E-state index is 0.435. The Morgan fingerprint density at radius 2 is 1.56 bits per heavy atom. The number of hydrogen-bond donors (Lipinski definition) is 1. The summed E-state index contributed by atoms with van der Waals surface area (Å²) in [6.45, 7) is 4.11. The number of aliphatic hydroxyl groups excluding tert-OH is 1. The molecule has 0 bridgehead atoms. The van der Waals surface area contributed by atoms with Crippen LogP contribution < -0.4 is 0 Å². The average Bonchev–Trinajstić information content (AvgIpc) is 2.38. The van der Waals surface area contributed by atoms with Crippen LogP contribution in [-0.4, -0.2) is 10.4 Å². The van der Waals surface area contributed by atoms with Gasteiger partial charge in [-0.25, -0.2) is 0 Å². The van der Waals surface area contributed by atoms with Crippen molar-refractivity contribution in [1.29, 1.82) is 0 Å². The number of benzene rings is 2. The molecule has 0 radical (unpaired) electrons. The summed E-state index contributed by atoms with van der Waals surface area (Å²) in [5.41, 5.74) is 5.73. The molecular weight excluding hydrogens is 288 g/mol. The highest BCUT2D eigenvalue weighted by Crippen LogP contribution is 2.29. The molecule has 0 spiro atoms. The van der Waals surface area contributed by atoms with Crippen LogP contribution in [0.25, 0.3) is 11.1 Å². The van der Waals surface area contributed by atoms with E-state index in [0.717, 1.165) is 16.7 Å². The lowest BCUT2D eigenvalue weighted by molar-refractivity contribution is 0.204. The van der Waals surface area contributed by atoms with Gasteiger partial charge in [0.2, 0.25) is 0 Å². The second-order valence-corrected chi connectivity index (χ2v) is 5.21. The monoisotopic (exact) mass is 304 g/mol. The smallest absolute Gasteiger partial charge is 0.0891 e. The van der Waals surface area contributed by atoms with Gasteiger partial charge in [0.25, 0.3) is 0 Å². The van der Waals surface area contributed by atoms with Gasteiger partial charge < -0.3 is 5.11 Å². The third-order valence-electron chi connectivity index (χ3n) is 3.18. The Labute approximate surface area is 117 Å². The van der Waals surface area contributed by atoms with Gasteiger partial charge in [-0.1, -0.05) is 58.4 Å². The molecule has 0 aliphatic carbocycles. The van der Waals surface area contributed by atoms with Crippen LogP contribution in [0, 0.1) is 13.8 Å². The number of rotatable bonds is 3. The molecule has 94 valence electrons. The van der Waals surface area contributed by atoms with Gasteiger partial charge in [0.15, 0.2) is 0 Å². The molecule has 2 rings (SSSR count). The normalized spacial score (nSPS) is 12.4. The molecule has 0 saturated heterocycles. The molecule has 18 heavy (non-hydrogen) atoms. The number of aryl methyl sites for hydroxylation is 2. The minimum Gasteiger partial charge on any atom is -0.388 e. The van der Waals surface area contributed by atoms with E-state index in [2.05, 4.69) is 54.0 Å². The summed E-state index contributed by atoms with van der Waals surface area (Å²) >= 11 is 3.33. The summed E-state index contributed by atoms with van der Waals surface area (Å²) in [7, 11) is 0. The first-order chi connectivity index (χ1) is 8.63. The first kappa shape index (κ1) is 13.3. The van der Waals surface area contributed by atoms with Crippen LogP contribution in [0.1, 0.15) is 22.8 Å². The zero-order chi connectivity index (χ0) is 13.1. The summed E-state index contributed by atoms with van der Waals surface area (Å²) in [5.74, 6) is 0. The average molecular weight is 305 g/mol. The molecule has 1 nitrogen and oxygen atoms in total. The lowest BCUT2D eigenvalue weighted by Gasteiger charge is -2.16. The molecule has 0 amide bonds. The van der Waals surface area contributed by atoms with Gasteiger partial charge in [-0.15, -0.1) is 0 Å². The molecule has 0 heterocycles. The fourth-order valence-electron chi connectivity index (χ4n) is 2.37. The number of alkyl halides is 1. The van der Waals surface area contributed by atoms with Crippen LogP contribution in [0.2, 0.25) is 0 Å².